The quantitative estimate of drug-likeness (QED) is 0.318. The largest absolute Gasteiger partial charge is 0.327 e. The first kappa shape index (κ1) is 21.8. The van der Waals surface area contributed by atoms with Crippen molar-refractivity contribution in [3.05, 3.63) is 137 Å². The second-order valence-corrected chi connectivity index (χ2v) is 8.95. The van der Waals surface area contributed by atoms with Crippen LogP contribution < -0.4 is 0 Å². The van der Waals surface area contributed by atoms with Crippen LogP contribution in [-0.2, 0) is 0 Å². The second kappa shape index (κ2) is 9.48. The van der Waals surface area contributed by atoms with Crippen LogP contribution in [0.2, 0.25) is 0 Å². The topological polar surface area (TPSA) is 33.2 Å². The minimum Gasteiger partial charge on any atom is -0.327 e. The fourth-order valence-corrected chi connectivity index (χ4v) is 4.95. The first-order valence-electron chi connectivity index (χ1n) is 11.7. The van der Waals surface area contributed by atoms with Crippen LogP contribution >= 0.6 is 0 Å². The van der Waals surface area contributed by atoms with Crippen molar-refractivity contribution >= 4 is 5.91 Å². The van der Waals surface area contributed by atoms with E-state index in [0.29, 0.717) is 12.1 Å². The summed E-state index contributed by atoms with van der Waals surface area (Å²) < 4.78 is 0. The Balaban J connectivity index is 1.53. The van der Waals surface area contributed by atoms with Crippen molar-refractivity contribution in [2.24, 2.45) is 0 Å². The Bertz CT molecular complexity index is 1310. The van der Waals surface area contributed by atoms with E-state index in [1.807, 2.05) is 77.8 Å². The van der Waals surface area contributed by atoms with Gasteiger partial charge in [0.2, 0.25) is 0 Å². The van der Waals surface area contributed by atoms with Crippen molar-refractivity contribution in [1.29, 1.82) is 0 Å². The van der Waals surface area contributed by atoms with E-state index in [1.54, 1.807) is 0 Å². The van der Waals surface area contributed by atoms with Gasteiger partial charge in [-0.2, -0.15) is 0 Å². The van der Waals surface area contributed by atoms with E-state index in [0.717, 1.165) is 27.9 Å². The molecule has 0 aliphatic carbocycles. The summed E-state index contributed by atoms with van der Waals surface area (Å²) in [5.74, 6) is 0.140. The van der Waals surface area contributed by atoms with Gasteiger partial charge in [0, 0.05) is 29.8 Å². The van der Waals surface area contributed by atoms with Crippen LogP contribution in [0.5, 0.6) is 0 Å². The first-order chi connectivity index (χ1) is 16.6. The van der Waals surface area contributed by atoms with Gasteiger partial charge in [-0.25, -0.2) is 0 Å². The van der Waals surface area contributed by atoms with Crippen LogP contribution in [0.1, 0.15) is 45.9 Å². The summed E-state index contributed by atoms with van der Waals surface area (Å²) in [6.07, 6.45) is 4.28. The van der Waals surface area contributed by atoms with Crippen LogP contribution in [0.25, 0.3) is 11.3 Å². The highest BCUT2D eigenvalue weighted by Crippen LogP contribution is 2.38. The standard InChI is InChI=1S/C31H28N2O/c1-22-18-27(20-32-29(22)24-12-6-3-7-13-24)28-19-23(2)30(25-14-8-4-9-15-25)33(21-28)31(34)26-16-10-5-11-17-26/h3-20,28,30H,21H2,1-2H3/t28-,30-/m0/s1. The summed E-state index contributed by atoms with van der Waals surface area (Å²) >= 11 is 0. The van der Waals surface area contributed by atoms with Gasteiger partial charge < -0.3 is 4.90 Å². The maximum absolute atomic E-state index is 13.7. The van der Waals surface area contributed by atoms with Gasteiger partial charge in [-0.1, -0.05) is 91.0 Å². The molecular formula is C31H28N2O. The van der Waals surface area contributed by atoms with E-state index < -0.39 is 0 Å². The molecule has 2 heterocycles. The van der Waals surface area contributed by atoms with Crippen molar-refractivity contribution in [3.63, 3.8) is 0 Å². The Labute approximate surface area is 201 Å². The summed E-state index contributed by atoms with van der Waals surface area (Å²) in [5, 5.41) is 0. The lowest BCUT2D eigenvalue weighted by atomic mass is 9.86. The van der Waals surface area contributed by atoms with E-state index in [4.69, 9.17) is 4.98 Å². The summed E-state index contributed by atoms with van der Waals surface area (Å²) in [6.45, 7) is 4.85. The number of carbonyl (C=O) groups is 1. The van der Waals surface area contributed by atoms with Crippen LogP contribution in [0, 0.1) is 6.92 Å². The lowest BCUT2D eigenvalue weighted by Crippen LogP contribution is -2.41. The fraction of sp³-hybridized carbons (Fsp3) is 0.161. The maximum atomic E-state index is 13.7. The molecule has 0 fully saturated rings. The zero-order valence-corrected chi connectivity index (χ0v) is 19.6. The van der Waals surface area contributed by atoms with Crippen molar-refractivity contribution in [2.45, 2.75) is 25.8 Å². The Hall–Kier alpha value is -3.98. The van der Waals surface area contributed by atoms with Gasteiger partial charge in [-0.05, 0) is 48.2 Å². The number of nitrogens with zero attached hydrogens (tertiary/aromatic N) is 2. The number of aryl methyl sites for hydroxylation is 1. The highest BCUT2D eigenvalue weighted by atomic mass is 16.2. The molecule has 0 unspecified atom stereocenters. The van der Waals surface area contributed by atoms with E-state index in [1.165, 1.54) is 5.57 Å². The molecule has 4 aromatic rings. The molecule has 1 aliphatic rings. The molecule has 1 aromatic heterocycles. The van der Waals surface area contributed by atoms with Gasteiger partial charge in [0.05, 0.1) is 11.7 Å². The molecule has 3 heteroatoms. The number of rotatable bonds is 4. The average Bonchev–Trinajstić information content (AvgIpc) is 2.89. The molecule has 1 aliphatic heterocycles. The predicted octanol–water partition coefficient (Wildman–Crippen LogP) is 6.98. The first-order valence-corrected chi connectivity index (χ1v) is 11.7. The van der Waals surface area contributed by atoms with Gasteiger partial charge in [-0.15, -0.1) is 0 Å². The Morgan fingerprint density at radius 2 is 1.44 bits per heavy atom. The van der Waals surface area contributed by atoms with Gasteiger partial charge in [0.1, 0.15) is 0 Å². The van der Waals surface area contributed by atoms with Gasteiger partial charge in [-0.3, -0.25) is 9.78 Å². The van der Waals surface area contributed by atoms with Crippen molar-refractivity contribution in [2.75, 3.05) is 6.54 Å². The molecule has 0 radical (unpaired) electrons. The van der Waals surface area contributed by atoms with Crippen molar-refractivity contribution in [1.82, 2.24) is 9.88 Å². The van der Waals surface area contributed by atoms with E-state index >= 15 is 0 Å². The van der Waals surface area contributed by atoms with Gasteiger partial charge in [0.15, 0.2) is 0 Å². The molecule has 0 saturated heterocycles. The third kappa shape index (κ3) is 4.29. The number of hydrogen-bond donors (Lipinski definition) is 0. The molecule has 1 amide bonds. The molecule has 34 heavy (non-hydrogen) atoms. The van der Waals surface area contributed by atoms with Crippen LogP contribution in [0.4, 0.5) is 0 Å². The summed E-state index contributed by atoms with van der Waals surface area (Å²) in [6, 6.07) is 32.3. The maximum Gasteiger partial charge on any atom is 0.254 e. The van der Waals surface area contributed by atoms with E-state index in [9.17, 15) is 4.79 Å². The molecule has 0 N–H and O–H groups in total. The monoisotopic (exact) mass is 444 g/mol. The van der Waals surface area contributed by atoms with E-state index in [-0.39, 0.29) is 17.9 Å². The average molecular weight is 445 g/mol. The molecule has 3 aromatic carbocycles. The normalized spacial score (nSPS) is 17.8. The molecular weight excluding hydrogens is 416 g/mol. The number of pyridine rings is 1. The third-order valence-electron chi connectivity index (χ3n) is 6.57. The lowest BCUT2D eigenvalue weighted by Gasteiger charge is -2.39. The molecule has 3 nitrogen and oxygen atoms in total. The van der Waals surface area contributed by atoms with Gasteiger partial charge in [0.25, 0.3) is 5.91 Å². The molecule has 2 atom stereocenters. The zero-order chi connectivity index (χ0) is 23.5. The Morgan fingerprint density at radius 1 is 0.824 bits per heavy atom. The highest BCUT2D eigenvalue weighted by Gasteiger charge is 2.33. The molecule has 0 bridgehead atoms. The minimum atomic E-state index is -0.0807. The minimum absolute atomic E-state index is 0.0532. The Morgan fingerprint density at radius 3 is 2.09 bits per heavy atom. The van der Waals surface area contributed by atoms with Crippen molar-refractivity contribution < 1.29 is 4.79 Å². The molecule has 168 valence electrons. The molecule has 0 spiro atoms. The predicted molar refractivity (Wildman–Crippen MR) is 138 cm³/mol. The lowest BCUT2D eigenvalue weighted by molar-refractivity contribution is 0.0684. The zero-order valence-electron chi connectivity index (χ0n) is 19.6. The number of hydrogen-bond acceptors (Lipinski definition) is 2. The summed E-state index contributed by atoms with van der Waals surface area (Å²) in [4.78, 5) is 20.5. The van der Waals surface area contributed by atoms with E-state index in [2.05, 4.69) is 50.3 Å². The molecule has 0 saturated carbocycles. The van der Waals surface area contributed by atoms with Crippen LogP contribution in [0.15, 0.2) is 115 Å². The second-order valence-electron chi connectivity index (χ2n) is 8.95. The van der Waals surface area contributed by atoms with Gasteiger partial charge >= 0.3 is 0 Å². The number of aromatic nitrogens is 1. The SMILES string of the molecule is CC1=C[C@H](c2cnc(-c3ccccc3)c(C)c2)CN(C(=O)c2ccccc2)[C@@H]1c1ccccc1. The van der Waals surface area contributed by atoms with Crippen molar-refractivity contribution in [3.8, 4) is 11.3 Å². The van der Waals surface area contributed by atoms with Crippen LogP contribution in [-0.4, -0.2) is 22.3 Å². The smallest absolute Gasteiger partial charge is 0.254 e. The molecule has 5 rings (SSSR count). The summed E-state index contributed by atoms with van der Waals surface area (Å²) in [7, 11) is 0. The van der Waals surface area contributed by atoms with Crippen LogP contribution in [0.3, 0.4) is 0 Å². The summed E-state index contributed by atoms with van der Waals surface area (Å²) in [5.41, 5.74) is 7.41. The fourth-order valence-electron chi connectivity index (χ4n) is 4.95. The Kier molecular flexibility index (Phi) is 6.09. The highest BCUT2D eigenvalue weighted by molar-refractivity contribution is 5.95. The number of benzene rings is 3. The number of amides is 1. The third-order valence-corrected chi connectivity index (χ3v) is 6.57. The number of carbonyl (C=O) groups excluding carboxylic acids is 1.